The summed E-state index contributed by atoms with van der Waals surface area (Å²) in [4.78, 5) is 16.1. The number of fused-ring (bicyclic) bond motifs is 2. The van der Waals surface area contributed by atoms with E-state index in [-0.39, 0.29) is 18.3 Å². The summed E-state index contributed by atoms with van der Waals surface area (Å²) in [6, 6.07) is 8.82. The van der Waals surface area contributed by atoms with Crippen molar-refractivity contribution in [1.29, 1.82) is 0 Å². The Kier molecular flexibility index (Phi) is 3.69. The minimum Gasteiger partial charge on any atom is -0.436 e. The summed E-state index contributed by atoms with van der Waals surface area (Å²) < 4.78 is 5.64. The van der Waals surface area contributed by atoms with Gasteiger partial charge in [0.15, 0.2) is 5.75 Å². The Morgan fingerprint density at radius 2 is 2.16 bits per heavy atom. The Bertz CT molecular complexity index is 631. The molecular weight excluding hydrogens is 266 g/mol. The molecule has 2 heterocycles. The van der Waals surface area contributed by atoms with E-state index in [2.05, 4.69) is 10.3 Å². The lowest BCUT2D eigenvalue weighted by atomic mass is 10.2. The Morgan fingerprint density at radius 1 is 1.32 bits per heavy atom. The first-order chi connectivity index (χ1) is 8.78. The number of hydrogen-bond donors (Lipinski definition) is 2. The van der Waals surface area contributed by atoms with Crippen LogP contribution in [-0.2, 0) is 6.54 Å². The summed E-state index contributed by atoms with van der Waals surface area (Å²) in [6.07, 6.45) is 1.59. The zero-order chi connectivity index (χ0) is 12.5. The van der Waals surface area contributed by atoms with E-state index in [4.69, 9.17) is 10.5 Å². The number of benzene rings is 1. The first kappa shape index (κ1) is 13.3. The summed E-state index contributed by atoms with van der Waals surface area (Å²) >= 11 is 0. The lowest BCUT2D eigenvalue weighted by molar-refractivity contribution is 0.102. The third kappa shape index (κ3) is 2.38. The van der Waals surface area contributed by atoms with Crippen molar-refractivity contribution in [3.8, 4) is 11.6 Å². The minimum absolute atomic E-state index is 0. The van der Waals surface area contributed by atoms with Gasteiger partial charge in [-0.05, 0) is 29.8 Å². The highest BCUT2D eigenvalue weighted by molar-refractivity contribution is 6.07. The van der Waals surface area contributed by atoms with E-state index in [1.165, 1.54) is 0 Å². The van der Waals surface area contributed by atoms with Gasteiger partial charge in [0, 0.05) is 12.7 Å². The number of amides is 1. The zero-order valence-electron chi connectivity index (χ0n) is 9.92. The van der Waals surface area contributed by atoms with E-state index in [0.717, 1.165) is 5.56 Å². The van der Waals surface area contributed by atoms with Crippen molar-refractivity contribution in [3.05, 3.63) is 47.7 Å². The highest BCUT2D eigenvalue weighted by Gasteiger charge is 2.21. The lowest BCUT2D eigenvalue weighted by Gasteiger charge is -2.07. The summed E-state index contributed by atoms with van der Waals surface area (Å²) in [5.74, 6) is 0.651. The fraction of sp³-hybridized carbons (Fsp3) is 0.0769. The molecule has 0 bridgehead atoms. The molecule has 1 aromatic heterocycles. The second-order valence-corrected chi connectivity index (χ2v) is 3.95. The number of carbonyl (C=O) groups is 1. The molecule has 0 radical (unpaired) electrons. The zero-order valence-corrected chi connectivity index (χ0v) is 10.7. The molecule has 1 aliphatic rings. The van der Waals surface area contributed by atoms with Crippen LogP contribution < -0.4 is 15.8 Å². The van der Waals surface area contributed by atoms with Crippen LogP contribution >= 0.6 is 12.4 Å². The normalized spacial score (nSPS) is 12.2. The van der Waals surface area contributed by atoms with Gasteiger partial charge in [-0.3, -0.25) is 4.79 Å². The highest BCUT2D eigenvalue weighted by atomic mass is 35.5. The number of nitrogens with zero attached hydrogens (tertiary/aromatic N) is 1. The molecule has 0 spiro atoms. The third-order valence-electron chi connectivity index (χ3n) is 2.75. The van der Waals surface area contributed by atoms with Gasteiger partial charge in [0.05, 0.1) is 5.69 Å². The van der Waals surface area contributed by atoms with Gasteiger partial charge in [-0.25, -0.2) is 4.98 Å². The van der Waals surface area contributed by atoms with E-state index in [1.54, 1.807) is 30.5 Å². The number of hydrogen-bond acceptors (Lipinski definition) is 4. The minimum atomic E-state index is -0.231. The fourth-order valence-corrected chi connectivity index (χ4v) is 1.83. The molecule has 1 aromatic carbocycles. The summed E-state index contributed by atoms with van der Waals surface area (Å²) in [6.45, 7) is 0.411. The van der Waals surface area contributed by atoms with Gasteiger partial charge in [-0.15, -0.1) is 12.4 Å². The Hall–Kier alpha value is -2.11. The van der Waals surface area contributed by atoms with Crippen LogP contribution in [0, 0.1) is 0 Å². The molecule has 19 heavy (non-hydrogen) atoms. The Balaban J connectivity index is 0.00000133. The lowest BCUT2D eigenvalue weighted by Crippen LogP contribution is -2.11. The van der Waals surface area contributed by atoms with Crippen molar-refractivity contribution in [2.75, 3.05) is 5.32 Å². The quantitative estimate of drug-likeness (QED) is 0.839. The molecule has 0 unspecified atom stereocenters. The van der Waals surface area contributed by atoms with Crippen LogP contribution in [0.1, 0.15) is 15.9 Å². The van der Waals surface area contributed by atoms with Gasteiger partial charge in [0.1, 0.15) is 5.56 Å². The smallest absolute Gasteiger partial charge is 0.261 e. The summed E-state index contributed by atoms with van der Waals surface area (Å²) in [7, 11) is 0. The predicted molar refractivity (Wildman–Crippen MR) is 73.8 cm³/mol. The van der Waals surface area contributed by atoms with Crippen LogP contribution in [0.4, 0.5) is 5.69 Å². The van der Waals surface area contributed by atoms with Crippen molar-refractivity contribution in [2.45, 2.75) is 6.54 Å². The van der Waals surface area contributed by atoms with Gasteiger partial charge in [0.2, 0.25) is 5.88 Å². The third-order valence-corrected chi connectivity index (χ3v) is 2.75. The number of ether oxygens (including phenoxy) is 1. The number of pyridine rings is 1. The van der Waals surface area contributed by atoms with Gasteiger partial charge < -0.3 is 15.8 Å². The largest absolute Gasteiger partial charge is 0.436 e. The number of nitrogens with two attached hydrogens (primary N) is 1. The second-order valence-electron chi connectivity index (χ2n) is 3.95. The highest BCUT2D eigenvalue weighted by Crippen LogP contribution is 2.34. The predicted octanol–water partition coefficient (Wildman–Crippen LogP) is 2.32. The fourth-order valence-electron chi connectivity index (χ4n) is 1.83. The Labute approximate surface area is 116 Å². The number of rotatable bonds is 1. The standard InChI is InChI=1S/C13H11N3O2.ClH/c14-7-8-3-4-11-10(6-8)16-12(17)9-2-1-5-15-13(9)18-11;/h1-6H,7,14H2,(H,16,17);1H. The Morgan fingerprint density at radius 3 is 2.95 bits per heavy atom. The molecule has 1 aliphatic heterocycles. The number of halogens is 1. The molecule has 0 fully saturated rings. The van der Waals surface area contributed by atoms with Crippen LogP contribution in [0.5, 0.6) is 11.6 Å². The van der Waals surface area contributed by atoms with Crippen molar-refractivity contribution in [2.24, 2.45) is 5.73 Å². The van der Waals surface area contributed by atoms with E-state index in [1.807, 2.05) is 6.07 Å². The molecule has 0 aliphatic carbocycles. The van der Waals surface area contributed by atoms with Gasteiger partial charge >= 0.3 is 0 Å². The van der Waals surface area contributed by atoms with Crippen molar-refractivity contribution < 1.29 is 9.53 Å². The first-order valence-electron chi connectivity index (χ1n) is 5.55. The van der Waals surface area contributed by atoms with Gasteiger partial charge in [0.25, 0.3) is 5.91 Å². The topological polar surface area (TPSA) is 77.2 Å². The number of carbonyl (C=O) groups excluding carboxylic acids is 1. The molecule has 0 saturated heterocycles. The molecule has 98 valence electrons. The molecule has 1 amide bonds. The van der Waals surface area contributed by atoms with Crippen LogP contribution in [0.2, 0.25) is 0 Å². The van der Waals surface area contributed by atoms with E-state index >= 15 is 0 Å². The molecule has 5 nitrogen and oxygen atoms in total. The average Bonchev–Trinajstić information content (AvgIpc) is 2.54. The van der Waals surface area contributed by atoms with Crippen molar-refractivity contribution in [1.82, 2.24) is 4.98 Å². The monoisotopic (exact) mass is 277 g/mol. The summed E-state index contributed by atoms with van der Waals surface area (Å²) in [5, 5.41) is 2.79. The van der Waals surface area contributed by atoms with Crippen molar-refractivity contribution >= 4 is 24.0 Å². The first-order valence-corrected chi connectivity index (χ1v) is 5.55. The number of anilines is 1. The van der Waals surface area contributed by atoms with E-state index in [0.29, 0.717) is 29.4 Å². The van der Waals surface area contributed by atoms with Crippen LogP contribution in [0.3, 0.4) is 0 Å². The molecule has 3 rings (SSSR count). The van der Waals surface area contributed by atoms with Crippen LogP contribution in [-0.4, -0.2) is 10.9 Å². The van der Waals surface area contributed by atoms with Gasteiger partial charge in [-0.1, -0.05) is 6.07 Å². The molecule has 2 aromatic rings. The molecule has 3 N–H and O–H groups in total. The number of nitrogens with one attached hydrogen (secondary N) is 1. The molecule has 0 saturated carbocycles. The molecule has 6 heteroatoms. The summed E-state index contributed by atoms with van der Waals surface area (Å²) in [5.41, 5.74) is 7.53. The number of aromatic nitrogens is 1. The maximum absolute atomic E-state index is 12.0. The van der Waals surface area contributed by atoms with E-state index < -0.39 is 0 Å². The van der Waals surface area contributed by atoms with Crippen LogP contribution in [0.15, 0.2) is 36.5 Å². The maximum atomic E-state index is 12.0. The SMILES string of the molecule is Cl.NCc1ccc2c(c1)NC(=O)c1cccnc1O2. The van der Waals surface area contributed by atoms with E-state index in [9.17, 15) is 4.79 Å². The molecule has 0 atom stereocenters. The van der Waals surface area contributed by atoms with Gasteiger partial charge in [-0.2, -0.15) is 0 Å². The average molecular weight is 278 g/mol. The second kappa shape index (κ2) is 5.26. The molecular formula is C13H12ClN3O2. The maximum Gasteiger partial charge on any atom is 0.261 e. The van der Waals surface area contributed by atoms with Crippen LogP contribution in [0.25, 0.3) is 0 Å². The van der Waals surface area contributed by atoms with Crippen molar-refractivity contribution in [3.63, 3.8) is 0 Å².